The number of rotatable bonds is 5. The van der Waals surface area contributed by atoms with Crippen molar-refractivity contribution in [3.05, 3.63) is 77.6 Å². The van der Waals surface area contributed by atoms with Gasteiger partial charge in [-0.3, -0.25) is 9.40 Å². The Kier molecular flexibility index (Phi) is 4.55. The number of H-pyrrole nitrogens is 1. The van der Waals surface area contributed by atoms with Crippen LogP contribution in [0.5, 0.6) is 0 Å². The quantitative estimate of drug-likeness (QED) is 0.764. The van der Waals surface area contributed by atoms with Gasteiger partial charge in [0.2, 0.25) is 0 Å². The van der Waals surface area contributed by atoms with Gasteiger partial charge in [0.1, 0.15) is 0 Å². The van der Waals surface area contributed by atoms with E-state index in [1.807, 2.05) is 37.3 Å². The number of aromatic nitrogens is 2. The highest BCUT2D eigenvalue weighted by atomic mass is 32.2. The van der Waals surface area contributed by atoms with Crippen LogP contribution in [0.4, 0.5) is 5.69 Å². The zero-order valence-electron chi connectivity index (χ0n) is 13.5. The third-order valence-corrected chi connectivity index (χ3v) is 5.50. The van der Waals surface area contributed by atoms with Crippen LogP contribution in [-0.2, 0) is 16.6 Å². The Hall–Kier alpha value is -3.11. The Morgan fingerprint density at radius 1 is 1.20 bits per heavy atom. The van der Waals surface area contributed by atoms with Crippen LogP contribution in [0.1, 0.15) is 16.7 Å². The average Bonchev–Trinajstić information content (AvgIpc) is 3.14. The standard InChI is InChI=1S/C18H16N4O2S/c1-14-4-2-6-16(8-14)13-22(17-11-20-21-12-17)25(23,24)18-7-3-5-15(9-18)10-19/h2-9,11-12H,13H2,1H3,(H,20,21). The number of sulfonamides is 1. The minimum atomic E-state index is -3.85. The summed E-state index contributed by atoms with van der Waals surface area (Å²) in [6, 6.07) is 15.6. The van der Waals surface area contributed by atoms with E-state index in [1.54, 1.807) is 12.1 Å². The minimum Gasteiger partial charge on any atom is -0.284 e. The van der Waals surface area contributed by atoms with Gasteiger partial charge in [-0.25, -0.2) is 8.42 Å². The maximum Gasteiger partial charge on any atom is 0.264 e. The SMILES string of the molecule is Cc1cccc(CN(c2cn[nH]c2)S(=O)(=O)c2cccc(C#N)c2)c1. The van der Waals surface area contributed by atoms with Gasteiger partial charge in [0.15, 0.2) is 0 Å². The lowest BCUT2D eigenvalue weighted by Crippen LogP contribution is -2.30. The third-order valence-electron chi connectivity index (χ3n) is 3.73. The molecule has 0 unspecified atom stereocenters. The molecule has 0 bridgehead atoms. The molecule has 126 valence electrons. The summed E-state index contributed by atoms with van der Waals surface area (Å²) < 4.78 is 27.6. The molecule has 25 heavy (non-hydrogen) atoms. The second-order valence-corrected chi connectivity index (χ2v) is 7.46. The van der Waals surface area contributed by atoms with E-state index in [-0.39, 0.29) is 11.4 Å². The maximum absolute atomic E-state index is 13.2. The molecule has 0 radical (unpaired) electrons. The van der Waals surface area contributed by atoms with E-state index in [2.05, 4.69) is 10.2 Å². The van der Waals surface area contributed by atoms with Gasteiger partial charge in [-0.05, 0) is 30.7 Å². The molecule has 3 aromatic rings. The van der Waals surface area contributed by atoms with Crippen molar-refractivity contribution in [2.75, 3.05) is 4.31 Å². The van der Waals surface area contributed by atoms with Gasteiger partial charge in [0.25, 0.3) is 10.0 Å². The average molecular weight is 352 g/mol. The van der Waals surface area contributed by atoms with E-state index in [0.29, 0.717) is 11.3 Å². The molecule has 1 aromatic heterocycles. The number of anilines is 1. The van der Waals surface area contributed by atoms with E-state index in [9.17, 15) is 8.42 Å². The first-order chi connectivity index (χ1) is 12.0. The van der Waals surface area contributed by atoms with E-state index in [0.717, 1.165) is 11.1 Å². The van der Waals surface area contributed by atoms with Gasteiger partial charge in [0, 0.05) is 6.20 Å². The van der Waals surface area contributed by atoms with E-state index in [1.165, 1.54) is 28.8 Å². The first-order valence-electron chi connectivity index (χ1n) is 7.58. The summed E-state index contributed by atoms with van der Waals surface area (Å²) in [5.74, 6) is 0. The Morgan fingerprint density at radius 2 is 2.00 bits per heavy atom. The van der Waals surface area contributed by atoms with Crippen LogP contribution in [0.15, 0.2) is 65.8 Å². The Labute approximate surface area is 146 Å². The predicted octanol–water partition coefficient (Wildman–Crippen LogP) is 2.99. The van der Waals surface area contributed by atoms with Crippen LogP contribution in [-0.4, -0.2) is 18.6 Å². The molecule has 1 heterocycles. The van der Waals surface area contributed by atoms with Crippen LogP contribution < -0.4 is 4.31 Å². The van der Waals surface area contributed by atoms with Crippen LogP contribution in [0.25, 0.3) is 0 Å². The number of nitriles is 1. The molecule has 0 atom stereocenters. The first kappa shape index (κ1) is 16.7. The summed E-state index contributed by atoms with van der Waals surface area (Å²) >= 11 is 0. The highest BCUT2D eigenvalue weighted by Crippen LogP contribution is 2.25. The molecule has 0 amide bonds. The largest absolute Gasteiger partial charge is 0.284 e. The molecular formula is C18H16N4O2S. The smallest absolute Gasteiger partial charge is 0.264 e. The number of aryl methyl sites for hydroxylation is 1. The third kappa shape index (κ3) is 3.54. The molecule has 0 fully saturated rings. The summed E-state index contributed by atoms with van der Waals surface area (Å²) in [6.45, 7) is 2.12. The van der Waals surface area contributed by atoms with Gasteiger partial charge in [0.05, 0.1) is 35.0 Å². The molecule has 1 N–H and O–H groups in total. The predicted molar refractivity (Wildman–Crippen MR) is 94.3 cm³/mol. The molecule has 0 saturated carbocycles. The number of benzene rings is 2. The number of aromatic amines is 1. The van der Waals surface area contributed by atoms with Gasteiger partial charge in [-0.2, -0.15) is 10.4 Å². The molecule has 0 aliphatic heterocycles. The lowest BCUT2D eigenvalue weighted by Gasteiger charge is -2.23. The van der Waals surface area contributed by atoms with E-state index >= 15 is 0 Å². The fourth-order valence-electron chi connectivity index (χ4n) is 2.53. The molecule has 3 rings (SSSR count). The second kappa shape index (κ2) is 6.79. The summed E-state index contributed by atoms with van der Waals surface area (Å²) in [5.41, 5.74) is 2.64. The van der Waals surface area contributed by atoms with Crippen molar-refractivity contribution in [1.82, 2.24) is 10.2 Å². The van der Waals surface area contributed by atoms with Crippen molar-refractivity contribution >= 4 is 15.7 Å². The summed E-state index contributed by atoms with van der Waals surface area (Å²) in [5, 5.41) is 15.5. The van der Waals surface area contributed by atoms with Crippen molar-refractivity contribution in [2.45, 2.75) is 18.4 Å². The van der Waals surface area contributed by atoms with Gasteiger partial charge in [-0.1, -0.05) is 35.9 Å². The fourth-order valence-corrected chi connectivity index (χ4v) is 4.00. The Bertz CT molecular complexity index is 1020. The second-order valence-electron chi connectivity index (χ2n) is 5.60. The minimum absolute atomic E-state index is 0.0698. The highest BCUT2D eigenvalue weighted by molar-refractivity contribution is 7.92. The molecule has 0 aliphatic carbocycles. The lowest BCUT2D eigenvalue weighted by molar-refractivity contribution is 0.590. The molecular weight excluding hydrogens is 336 g/mol. The van der Waals surface area contributed by atoms with Crippen LogP contribution in [0, 0.1) is 18.3 Å². The van der Waals surface area contributed by atoms with Crippen LogP contribution >= 0.6 is 0 Å². The molecule has 6 nitrogen and oxygen atoms in total. The molecule has 0 spiro atoms. The molecule has 7 heteroatoms. The fraction of sp³-hybridized carbons (Fsp3) is 0.111. The van der Waals surface area contributed by atoms with Crippen molar-refractivity contribution < 1.29 is 8.42 Å². The lowest BCUT2D eigenvalue weighted by atomic mass is 10.1. The van der Waals surface area contributed by atoms with Gasteiger partial charge < -0.3 is 0 Å². The number of nitrogens with zero attached hydrogens (tertiary/aromatic N) is 3. The molecule has 0 aliphatic rings. The van der Waals surface area contributed by atoms with Crippen molar-refractivity contribution in [2.24, 2.45) is 0 Å². The van der Waals surface area contributed by atoms with Crippen LogP contribution in [0.2, 0.25) is 0 Å². The summed E-state index contributed by atoms with van der Waals surface area (Å²) in [4.78, 5) is 0.0698. The number of hydrogen-bond donors (Lipinski definition) is 1. The highest BCUT2D eigenvalue weighted by Gasteiger charge is 2.26. The zero-order chi connectivity index (χ0) is 17.9. The number of hydrogen-bond acceptors (Lipinski definition) is 4. The van der Waals surface area contributed by atoms with Crippen LogP contribution in [0.3, 0.4) is 0 Å². The molecule has 0 saturated heterocycles. The maximum atomic E-state index is 13.2. The molecule has 2 aromatic carbocycles. The van der Waals surface area contributed by atoms with Gasteiger partial charge >= 0.3 is 0 Å². The first-order valence-corrected chi connectivity index (χ1v) is 9.02. The monoisotopic (exact) mass is 352 g/mol. The van der Waals surface area contributed by atoms with Crippen molar-refractivity contribution in [3.63, 3.8) is 0 Å². The zero-order valence-corrected chi connectivity index (χ0v) is 14.4. The van der Waals surface area contributed by atoms with Crippen molar-refractivity contribution in [1.29, 1.82) is 5.26 Å². The van der Waals surface area contributed by atoms with E-state index < -0.39 is 10.0 Å². The Balaban J connectivity index is 2.06. The van der Waals surface area contributed by atoms with Crippen molar-refractivity contribution in [3.8, 4) is 6.07 Å². The van der Waals surface area contributed by atoms with Gasteiger partial charge in [-0.15, -0.1) is 0 Å². The van der Waals surface area contributed by atoms with E-state index in [4.69, 9.17) is 5.26 Å². The number of nitrogens with one attached hydrogen (secondary N) is 1. The summed E-state index contributed by atoms with van der Waals surface area (Å²) in [7, 11) is -3.85. The topological polar surface area (TPSA) is 89.8 Å². The summed E-state index contributed by atoms with van der Waals surface area (Å²) in [6.07, 6.45) is 2.99. The normalized spacial score (nSPS) is 11.0. The Morgan fingerprint density at radius 3 is 2.68 bits per heavy atom.